The molecule has 3 atom stereocenters. The molecule has 0 radical (unpaired) electrons. The third-order valence-electron chi connectivity index (χ3n) is 11.3. The molecule has 0 aliphatic carbocycles. The van der Waals surface area contributed by atoms with Crippen molar-refractivity contribution in [3.63, 3.8) is 0 Å². The molecule has 5 aliphatic heterocycles. The Morgan fingerprint density at radius 1 is 1.11 bits per heavy atom. The molecule has 56 heavy (non-hydrogen) atoms. The lowest BCUT2D eigenvalue weighted by Crippen LogP contribution is -2.59. The number of nitrogens with two attached hydrogens (primary N) is 2. The number of fused-ring (bicyclic) bond motifs is 2. The van der Waals surface area contributed by atoms with E-state index in [1.807, 2.05) is 18.2 Å². The lowest BCUT2D eigenvalue weighted by Gasteiger charge is -2.43. The van der Waals surface area contributed by atoms with Gasteiger partial charge in [0.1, 0.15) is 23.5 Å². The molecule has 0 spiro atoms. The molecule has 294 valence electrons. The first-order valence-electron chi connectivity index (χ1n) is 18.4. The Labute approximate surface area is 319 Å². The Balaban J connectivity index is 0.868. The average molecular weight is 775 g/mol. The SMILES string of the molecule is NC1=C(/C=C(\N)c2cccc(F)c2O)N2CC(Oc3cnc(CN4CCN(c5ccc6c(c5)C(=O)N(C5CCC(=O)NC5=O)C6)CC4)cn3)CC2(C(F)F)CN1. The number of allylic oxidation sites excluding steroid dienone is 1. The fraction of sp³-hybridized carbons (Fsp3) is 0.395. The molecule has 5 aliphatic rings. The van der Waals surface area contributed by atoms with Gasteiger partial charge in [-0.25, -0.2) is 18.2 Å². The fourth-order valence-corrected chi connectivity index (χ4v) is 8.23. The number of carbonyl (C=O) groups is 3. The van der Waals surface area contributed by atoms with Crippen molar-refractivity contribution in [2.24, 2.45) is 11.5 Å². The number of aromatic nitrogens is 2. The molecule has 15 nitrogen and oxygen atoms in total. The van der Waals surface area contributed by atoms with Crippen molar-refractivity contribution in [3.8, 4) is 11.6 Å². The van der Waals surface area contributed by atoms with E-state index >= 15 is 0 Å². The molecule has 3 amide bonds. The van der Waals surface area contributed by atoms with Gasteiger partial charge in [-0.15, -0.1) is 0 Å². The highest BCUT2D eigenvalue weighted by atomic mass is 19.3. The predicted octanol–water partition coefficient (Wildman–Crippen LogP) is 1.59. The number of rotatable bonds is 9. The molecule has 3 saturated heterocycles. The number of ether oxygens (including phenoxy) is 1. The second kappa shape index (κ2) is 14.6. The summed E-state index contributed by atoms with van der Waals surface area (Å²) in [6, 6.07) is 9.02. The fourth-order valence-electron chi connectivity index (χ4n) is 8.23. The molecule has 8 rings (SSSR count). The Kier molecular flexibility index (Phi) is 9.59. The molecule has 0 saturated carbocycles. The van der Waals surface area contributed by atoms with Crippen LogP contribution in [0.3, 0.4) is 0 Å². The van der Waals surface area contributed by atoms with Crippen LogP contribution in [-0.4, -0.2) is 111 Å². The van der Waals surface area contributed by atoms with Gasteiger partial charge in [-0.2, -0.15) is 0 Å². The van der Waals surface area contributed by atoms with Crippen molar-refractivity contribution in [2.45, 2.75) is 56.5 Å². The smallest absolute Gasteiger partial charge is 0.263 e. The van der Waals surface area contributed by atoms with Gasteiger partial charge in [0.25, 0.3) is 12.3 Å². The number of nitrogens with zero attached hydrogens (tertiary/aromatic N) is 6. The number of aromatic hydroxyl groups is 1. The van der Waals surface area contributed by atoms with Crippen LogP contribution in [0.4, 0.5) is 18.9 Å². The number of piperidine rings is 1. The third kappa shape index (κ3) is 6.77. The summed E-state index contributed by atoms with van der Waals surface area (Å²) in [5, 5.41) is 15.4. The summed E-state index contributed by atoms with van der Waals surface area (Å²) in [5.74, 6) is -2.20. The normalized spacial score (nSPS) is 24.4. The topological polar surface area (TPSA) is 196 Å². The van der Waals surface area contributed by atoms with E-state index in [9.17, 15) is 32.7 Å². The van der Waals surface area contributed by atoms with Gasteiger partial charge in [0, 0.05) is 81.2 Å². The number of anilines is 1. The summed E-state index contributed by atoms with van der Waals surface area (Å²) in [7, 11) is 0. The summed E-state index contributed by atoms with van der Waals surface area (Å²) in [5.41, 5.74) is 13.9. The number of amides is 3. The van der Waals surface area contributed by atoms with E-state index in [-0.39, 0.29) is 66.4 Å². The summed E-state index contributed by atoms with van der Waals surface area (Å²) < 4.78 is 49.7. The van der Waals surface area contributed by atoms with Gasteiger partial charge in [-0.05, 0) is 42.3 Å². The largest absolute Gasteiger partial charge is 0.504 e. The molecule has 6 heterocycles. The van der Waals surface area contributed by atoms with E-state index < -0.39 is 41.6 Å². The number of carbonyl (C=O) groups excluding carboxylic acids is 3. The molecule has 0 bridgehead atoms. The zero-order valence-electron chi connectivity index (χ0n) is 30.3. The van der Waals surface area contributed by atoms with E-state index in [1.165, 1.54) is 29.3 Å². The van der Waals surface area contributed by atoms with Crippen molar-refractivity contribution in [3.05, 3.63) is 94.6 Å². The van der Waals surface area contributed by atoms with Gasteiger partial charge in [-0.3, -0.25) is 29.6 Å². The number of phenolic OH excluding ortho intramolecular Hbond substituents is 1. The lowest BCUT2D eigenvalue weighted by atomic mass is 9.93. The zero-order chi connectivity index (χ0) is 39.3. The molecule has 7 N–H and O–H groups in total. The molecule has 3 aromatic rings. The maximum atomic E-state index is 14.8. The Bertz CT molecular complexity index is 2130. The van der Waals surface area contributed by atoms with Gasteiger partial charge in [-0.1, -0.05) is 12.1 Å². The Hall–Kier alpha value is -6.04. The van der Waals surface area contributed by atoms with Gasteiger partial charge < -0.3 is 41.3 Å². The maximum absolute atomic E-state index is 14.8. The van der Waals surface area contributed by atoms with Gasteiger partial charge in [0.2, 0.25) is 17.7 Å². The summed E-state index contributed by atoms with van der Waals surface area (Å²) in [6.45, 7) is 3.63. The predicted molar refractivity (Wildman–Crippen MR) is 196 cm³/mol. The van der Waals surface area contributed by atoms with Crippen LogP contribution >= 0.6 is 0 Å². The maximum Gasteiger partial charge on any atom is 0.263 e. The molecule has 3 unspecified atom stereocenters. The van der Waals surface area contributed by atoms with Crippen LogP contribution in [0.1, 0.15) is 46.4 Å². The molecule has 2 aromatic carbocycles. The van der Waals surface area contributed by atoms with E-state index in [2.05, 4.69) is 30.4 Å². The third-order valence-corrected chi connectivity index (χ3v) is 11.3. The van der Waals surface area contributed by atoms with Gasteiger partial charge >= 0.3 is 0 Å². The first-order chi connectivity index (χ1) is 26.9. The molecular formula is C38H41F3N10O5. The number of para-hydroxylation sites is 1. The van der Waals surface area contributed by atoms with Crippen LogP contribution < -0.4 is 31.7 Å². The van der Waals surface area contributed by atoms with Crippen molar-refractivity contribution in [1.29, 1.82) is 0 Å². The second-order valence-electron chi connectivity index (χ2n) is 14.7. The lowest BCUT2D eigenvalue weighted by molar-refractivity contribution is -0.136. The van der Waals surface area contributed by atoms with Crippen LogP contribution in [0.2, 0.25) is 0 Å². The first-order valence-corrected chi connectivity index (χ1v) is 18.4. The average Bonchev–Trinajstić information content (AvgIpc) is 3.72. The minimum atomic E-state index is -2.79. The Morgan fingerprint density at radius 3 is 2.64 bits per heavy atom. The van der Waals surface area contributed by atoms with Crippen molar-refractivity contribution in [2.75, 3.05) is 44.2 Å². The van der Waals surface area contributed by atoms with E-state index in [0.29, 0.717) is 43.9 Å². The van der Waals surface area contributed by atoms with E-state index in [4.69, 9.17) is 16.2 Å². The molecule has 3 fully saturated rings. The molecule has 1 aromatic heterocycles. The number of hydrogen-bond acceptors (Lipinski definition) is 13. The van der Waals surface area contributed by atoms with Crippen LogP contribution in [0.5, 0.6) is 11.6 Å². The first kappa shape index (κ1) is 36.9. The summed E-state index contributed by atoms with van der Waals surface area (Å²) in [4.78, 5) is 53.7. The Morgan fingerprint density at radius 2 is 1.91 bits per heavy atom. The highest BCUT2D eigenvalue weighted by Gasteiger charge is 2.55. The minimum absolute atomic E-state index is 0.00104. The van der Waals surface area contributed by atoms with Gasteiger partial charge in [0.15, 0.2) is 11.6 Å². The number of hydrogen-bond donors (Lipinski definition) is 5. The van der Waals surface area contributed by atoms with Crippen LogP contribution in [-0.2, 0) is 22.7 Å². The highest BCUT2D eigenvalue weighted by molar-refractivity contribution is 6.05. The number of nitrogens with one attached hydrogen (secondary N) is 2. The highest BCUT2D eigenvalue weighted by Crippen LogP contribution is 2.42. The van der Waals surface area contributed by atoms with Crippen molar-refractivity contribution >= 4 is 29.1 Å². The summed E-state index contributed by atoms with van der Waals surface area (Å²) in [6.07, 6.45) is 1.39. The molecular weight excluding hydrogens is 733 g/mol. The van der Waals surface area contributed by atoms with E-state index in [0.717, 1.165) is 30.4 Å². The zero-order valence-corrected chi connectivity index (χ0v) is 30.3. The molecule has 18 heteroatoms. The van der Waals surface area contributed by atoms with Crippen LogP contribution in [0.25, 0.3) is 5.70 Å². The standard InChI is InChI=1S/C38H41F3N10O5/c39-27-3-1-2-25(33(27)53)28(42)13-30-34(43)46-20-38(37(40)41)14-24(19-51(30)38)56-32-16-44-22(15-45-32)18-48-8-10-49(11-9-48)23-5-4-21-17-50(36(55)26(21)12-23)29-6-7-31(52)47-35(29)54/h1-5,12-13,15-16,24,29,37,46,53H,6-11,14,17-20,42-43H2,(H,47,52,54)/b28-13-. The van der Waals surface area contributed by atoms with Crippen molar-refractivity contribution < 1.29 is 37.4 Å². The number of piperazine rings is 1. The van der Waals surface area contributed by atoms with Gasteiger partial charge in [0.05, 0.1) is 30.3 Å². The monoisotopic (exact) mass is 774 g/mol. The number of phenols is 1. The number of imide groups is 1. The number of benzene rings is 2. The van der Waals surface area contributed by atoms with Crippen LogP contribution in [0, 0.1) is 5.82 Å². The number of alkyl halides is 2. The van der Waals surface area contributed by atoms with E-state index in [1.54, 1.807) is 11.1 Å². The van der Waals surface area contributed by atoms with Crippen LogP contribution in [0.15, 0.2) is 66.4 Å². The summed E-state index contributed by atoms with van der Waals surface area (Å²) >= 11 is 0. The number of halogens is 3. The minimum Gasteiger partial charge on any atom is -0.504 e. The van der Waals surface area contributed by atoms with Crippen molar-refractivity contribution in [1.82, 2.24) is 35.3 Å². The quantitative estimate of drug-likeness (QED) is 0.197. The second-order valence-corrected chi connectivity index (χ2v) is 14.7.